The van der Waals surface area contributed by atoms with E-state index in [0.717, 1.165) is 31.6 Å². The highest BCUT2D eigenvalue weighted by molar-refractivity contribution is 6.31. The molecule has 4 heteroatoms. The fraction of sp³-hybridized carbons (Fsp3) is 0.545. The first-order valence-corrected chi connectivity index (χ1v) is 5.57. The molecule has 1 rings (SSSR count). The van der Waals surface area contributed by atoms with E-state index in [9.17, 15) is 0 Å². The first-order valence-electron chi connectivity index (χ1n) is 5.19. The molecule has 0 atom stereocenters. The molecular weight excluding hydrogens is 212 g/mol. The number of nitrogens with zero attached hydrogens (tertiary/aromatic N) is 2. The number of aliphatic hydroxyl groups excluding tert-OH is 1. The van der Waals surface area contributed by atoms with Crippen LogP contribution in [-0.2, 0) is 6.54 Å². The summed E-state index contributed by atoms with van der Waals surface area (Å²) in [5, 5.41) is 9.48. The van der Waals surface area contributed by atoms with Crippen molar-refractivity contribution in [3.63, 3.8) is 0 Å². The van der Waals surface area contributed by atoms with Crippen molar-refractivity contribution in [3.05, 3.63) is 29.0 Å². The maximum Gasteiger partial charge on any atom is 0.0634 e. The van der Waals surface area contributed by atoms with E-state index < -0.39 is 0 Å². The van der Waals surface area contributed by atoms with Crippen LogP contribution in [0.5, 0.6) is 0 Å². The van der Waals surface area contributed by atoms with Crippen LogP contribution in [0.2, 0.25) is 5.02 Å². The highest BCUT2D eigenvalue weighted by Gasteiger charge is 2.05. The van der Waals surface area contributed by atoms with Gasteiger partial charge in [0.2, 0.25) is 0 Å². The standard InChI is InChI=1S/C11H17ClN2O/c1-2-14(6-3-7-15)9-10-4-5-13-8-11(10)12/h4-5,8,15H,2-3,6-7,9H2,1H3. The molecule has 0 spiro atoms. The van der Waals surface area contributed by atoms with Crippen LogP contribution in [0.4, 0.5) is 0 Å². The topological polar surface area (TPSA) is 36.4 Å². The largest absolute Gasteiger partial charge is 0.396 e. The zero-order valence-electron chi connectivity index (χ0n) is 8.99. The maximum atomic E-state index is 8.77. The lowest BCUT2D eigenvalue weighted by Gasteiger charge is -2.20. The van der Waals surface area contributed by atoms with Gasteiger partial charge in [-0.25, -0.2) is 0 Å². The smallest absolute Gasteiger partial charge is 0.0634 e. The third-order valence-electron chi connectivity index (χ3n) is 2.33. The van der Waals surface area contributed by atoms with Crippen LogP contribution in [0.3, 0.4) is 0 Å². The molecule has 0 aliphatic carbocycles. The van der Waals surface area contributed by atoms with Gasteiger partial charge in [-0.3, -0.25) is 9.88 Å². The van der Waals surface area contributed by atoms with Crippen LogP contribution in [0.25, 0.3) is 0 Å². The second-order valence-corrected chi connectivity index (χ2v) is 3.82. The van der Waals surface area contributed by atoms with Gasteiger partial charge in [-0.1, -0.05) is 18.5 Å². The molecule has 0 saturated carbocycles. The molecule has 0 bridgehead atoms. The highest BCUT2D eigenvalue weighted by atomic mass is 35.5. The average Bonchev–Trinajstić information content (AvgIpc) is 2.26. The van der Waals surface area contributed by atoms with Crippen molar-refractivity contribution in [3.8, 4) is 0 Å². The first-order chi connectivity index (χ1) is 7.27. The molecule has 0 aliphatic rings. The average molecular weight is 229 g/mol. The molecule has 3 nitrogen and oxygen atoms in total. The van der Waals surface area contributed by atoms with Crippen LogP contribution in [0.1, 0.15) is 18.9 Å². The summed E-state index contributed by atoms with van der Waals surface area (Å²) in [4.78, 5) is 6.20. The predicted octanol–water partition coefficient (Wildman–Crippen LogP) is 1.94. The van der Waals surface area contributed by atoms with Crippen LogP contribution in [0, 0.1) is 0 Å². The molecule has 0 aliphatic heterocycles. The number of hydrogen-bond donors (Lipinski definition) is 1. The zero-order valence-corrected chi connectivity index (χ0v) is 9.74. The molecule has 0 unspecified atom stereocenters. The van der Waals surface area contributed by atoms with Gasteiger partial charge in [0.05, 0.1) is 5.02 Å². The van der Waals surface area contributed by atoms with Crippen LogP contribution in [-0.4, -0.2) is 34.7 Å². The third kappa shape index (κ3) is 4.16. The van der Waals surface area contributed by atoms with Gasteiger partial charge >= 0.3 is 0 Å². The van der Waals surface area contributed by atoms with Crippen molar-refractivity contribution >= 4 is 11.6 Å². The Morgan fingerprint density at radius 3 is 2.93 bits per heavy atom. The lowest BCUT2D eigenvalue weighted by molar-refractivity contribution is 0.225. The molecule has 0 aromatic carbocycles. The third-order valence-corrected chi connectivity index (χ3v) is 2.67. The number of hydrogen-bond acceptors (Lipinski definition) is 3. The van der Waals surface area contributed by atoms with E-state index in [1.165, 1.54) is 0 Å². The Hall–Kier alpha value is -0.640. The fourth-order valence-electron chi connectivity index (χ4n) is 1.42. The monoisotopic (exact) mass is 228 g/mol. The van der Waals surface area contributed by atoms with Gasteiger partial charge in [-0.2, -0.15) is 0 Å². The van der Waals surface area contributed by atoms with Gasteiger partial charge in [0.25, 0.3) is 0 Å². The Morgan fingerprint density at radius 1 is 1.53 bits per heavy atom. The summed E-state index contributed by atoms with van der Waals surface area (Å²) < 4.78 is 0. The minimum Gasteiger partial charge on any atom is -0.396 e. The minimum atomic E-state index is 0.237. The van der Waals surface area contributed by atoms with Crippen molar-refractivity contribution in [1.82, 2.24) is 9.88 Å². The molecule has 1 aromatic heterocycles. The Labute approximate surface area is 95.7 Å². The molecule has 0 radical (unpaired) electrons. The van der Waals surface area contributed by atoms with Crippen molar-refractivity contribution in [1.29, 1.82) is 0 Å². The van der Waals surface area contributed by atoms with E-state index in [0.29, 0.717) is 5.02 Å². The first kappa shape index (κ1) is 12.4. The summed E-state index contributed by atoms with van der Waals surface area (Å²) in [5.74, 6) is 0. The highest BCUT2D eigenvalue weighted by Crippen LogP contribution is 2.15. The molecule has 0 amide bonds. The predicted molar refractivity (Wildman–Crippen MR) is 61.9 cm³/mol. The van der Waals surface area contributed by atoms with E-state index in [1.54, 1.807) is 12.4 Å². The van der Waals surface area contributed by atoms with Gasteiger partial charge in [0.15, 0.2) is 0 Å². The summed E-state index contributed by atoms with van der Waals surface area (Å²) in [6, 6.07) is 1.93. The Balaban J connectivity index is 2.54. The van der Waals surface area contributed by atoms with E-state index in [2.05, 4.69) is 16.8 Å². The lowest BCUT2D eigenvalue weighted by atomic mass is 10.2. The molecule has 1 N–H and O–H groups in total. The molecule has 0 saturated heterocycles. The second-order valence-electron chi connectivity index (χ2n) is 3.41. The van der Waals surface area contributed by atoms with Gasteiger partial charge in [0.1, 0.15) is 0 Å². The molecule has 84 valence electrons. The molecular formula is C11H17ClN2O. The zero-order chi connectivity index (χ0) is 11.1. The Kier molecular flexibility index (Phi) is 5.61. The number of aromatic nitrogens is 1. The van der Waals surface area contributed by atoms with Gasteiger partial charge in [-0.05, 0) is 24.6 Å². The maximum absolute atomic E-state index is 8.77. The fourth-order valence-corrected chi connectivity index (χ4v) is 1.60. The van der Waals surface area contributed by atoms with Crippen LogP contribution < -0.4 is 0 Å². The van der Waals surface area contributed by atoms with Crippen molar-refractivity contribution in [2.75, 3.05) is 19.7 Å². The summed E-state index contributed by atoms with van der Waals surface area (Å²) in [6.45, 7) is 5.01. The van der Waals surface area contributed by atoms with Crippen LogP contribution in [0.15, 0.2) is 18.5 Å². The summed E-state index contributed by atoms with van der Waals surface area (Å²) in [5.41, 5.74) is 1.09. The Bertz CT molecular complexity index is 294. The summed E-state index contributed by atoms with van der Waals surface area (Å²) in [6.07, 6.45) is 4.22. The normalized spacial score (nSPS) is 10.9. The van der Waals surface area contributed by atoms with Crippen LogP contribution >= 0.6 is 11.6 Å². The molecule has 1 aromatic rings. The number of rotatable bonds is 6. The van der Waals surface area contributed by atoms with Crippen molar-refractivity contribution in [2.24, 2.45) is 0 Å². The quantitative estimate of drug-likeness (QED) is 0.809. The number of halogens is 1. The molecule has 0 fully saturated rings. The van der Waals surface area contributed by atoms with E-state index >= 15 is 0 Å². The Morgan fingerprint density at radius 2 is 2.33 bits per heavy atom. The SMILES string of the molecule is CCN(CCCO)Cc1ccncc1Cl. The van der Waals surface area contributed by atoms with E-state index in [1.807, 2.05) is 6.07 Å². The lowest BCUT2D eigenvalue weighted by Crippen LogP contribution is -2.24. The number of aliphatic hydroxyl groups is 1. The summed E-state index contributed by atoms with van der Waals surface area (Å²) in [7, 11) is 0. The molecule has 15 heavy (non-hydrogen) atoms. The van der Waals surface area contributed by atoms with E-state index in [4.69, 9.17) is 16.7 Å². The van der Waals surface area contributed by atoms with Crippen molar-refractivity contribution < 1.29 is 5.11 Å². The van der Waals surface area contributed by atoms with Gasteiger partial charge in [0, 0.05) is 32.1 Å². The molecule has 1 heterocycles. The second kappa shape index (κ2) is 6.77. The number of pyridine rings is 1. The van der Waals surface area contributed by atoms with Crippen molar-refractivity contribution in [2.45, 2.75) is 19.9 Å². The summed E-state index contributed by atoms with van der Waals surface area (Å²) >= 11 is 6.02. The van der Waals surface area contributed by atoms with E-state index in [-0.39, 0.29) is 6.61 Å². The minimum absolute atomic E-state index is 0.237. The van der Waals surface area contributed by atoms with Gasteiger partial charge < -0.3 is 5.11 Å². The van der Waals surface area contributed by atoms with Gasteiger partial charge in [-0.15, -0.1) is 0 Å².